The molecule has 2 heteroatoms. The molecule has 1 heterocycles. The van der Waals surface area contributed by atoms with Crippen LogP contribution in [-0.4, -0.2) is 18.8 Å². The van der Waals surface area contributed by atoms with Crippen molar-refractivity contribution in [2.75, 3.05) is 13.2 Å². The van der Waals surface area contributed by atoms with Crippen LogP contribution in [0.25, 0.3) is 0 Å². The Morgan fingerprint density at radius 3 is 2.20 bits per heavy atom. The van der Waals surface area contributed by atoms with Gasteiger partial charge in [-0.1, -0.05) is 13.8 Å². The molecule has 0 amide bonds. The maximum absolute atomic E-state index is 6.08. The molecule has 2 nitrogen and oxygen atoms in total. The van der Waals surface area contributed by atoms with E-state index in [4.69, 9.17) is 10.5 Å². The zero-order chi connectivity index (χ0) is 7.83. The molecule has 10 heavy (non-hydrogen) atoms. The summed E-state index contributed by atoms with van der Waals surface area (Å²) in [4.78, 5) is 0. The maximum Gasteiger partial charge on any atom is 0.0534 e. The van der Waals surface area contributed by atoms with Crippen LogP contribution < -0.4 is 5.73 Å². The highest BCUT2D eigenvalue weighted by molar-refractivity contribution is 4.95. The van der Waals surface area contributed by atoms with Crippen molar-refractivity contribution in [2.24, 2.45) is 11.1 Å². The van der Waals surface area contributed by atoms with Gasteiger partial charge in [0.1, 0.15) is 0 Å². The monoisotopic (exact) mass is 143 g/mol. The maximum atomic E-state index is 6.08. The predicted octanol–water partition coefficient (Wildman–Crippen LogP) is 1.15. The summed E-state index contributed by atoms with van der Waals surface area (Å²) in [7, 11) is 0. The number of hydrogen-bond acceptors (Lipinski definition) is 2. The minimum absolute atomic E-state index is 0.0503. The van der Waals surface area contributed by atoms with Crippen molar-refractivity contribution in [3.05, 3.63) is 0 Å². The second-order valence-electron chi connectivity index (χ2n) is 4.10. The first-order valence-corrected chi connectivity index (χ1v) is 3.82. The molecule has 1 aliphatic heterocycles. The Morgan fingerprint density at radius 1 is 1.30 bits per heavy atom. The average molecular weight is 143 g/mol. The van der Waals surface area contributed by atoms with E-state index in [2.05, 4.69) is 20.8 Å². The largest absolute Gasteiger partial charge is 0.381 e. The molecule has 0 bridgehead atoms. The fourth-order valence-electron chi connectivity index (χ4n) is 1.11. The SMILES string of the molecule is CC1(C)COCCC1(C)N. The molecular formula is C8H17NO. The molecule has 0 aromatic heterocycles. The lowest BCUT2D eigenvalue weighted by Gasteiger charge is -2.44. The van der Waals surface area contributed by atoms with Gasteiger partial charge in [-0.3, -0.25) is 0 Å². The van der Waals surface area contributed by atoms with Gasteiger partial charge >= 0.3 is 0 Å². The lowest BCUT2D eigenvalue weighted by molar-refractivity contribution is -0.0397. The first-order valence-electron chi connectivity index (χ1n) is 3.82. The zero-order valence-corrected chi connectivity index (χ0v) is 7.11. The minimum atomic E-state index is -0.0503. The van der Waals surface area contributed by atoms with Crippen molar-refractivity contribution in [2.45, 2.75) is 32.7 Å². The second-order valence-corrected chi connectivity index (χ2v) is 4.10. The Hall–Kier alpha value is -0.0800. The minimum Gasteiger partial charge on any atom is -0.381 e. The molecule has 1 atom stereocenters. The lowest BCUT2D eigenvalue weighted by Crippen LogP contribution is -2.55. The molecule has 0 radical (unpaired) electrons. The van der Waals surface area contributed by atoms with Crippen LogP contribution >= 0.6 is 0 Å². The van der Waals surface area contributed by atoms with E-state index in [-0.39, 0.29) is 11.0 Å². The van der Waals surface area contributed by atoms with Crippen LogP contribution in [0.4, 0.5) is 0 Å². The van der Waals surface area contributed by atoms with E-state index < -0.39 is 0 Å². The van der Waals surface area contributed by atoms with Crippen molar-refractivity contribution >= 4 is 0 Å². The Bertz CT molecular complexity index is 113. The van der Waals surface area contributed by atoms with Gasteiger partial charge in [-0.25, -0.2) is 0 Å². The van der Waals surface area contributed by atoms with Crippen molar-refractivity contribution in [1.29, 1.82) is 0 Å². The fourth-order valence-corrected chi connectivity index (χ4v) is 1.11. The number of rotatable bonds is 0. The molecule has 0 aliphatic carbocycles. The van der Waals surface area contributed by atoms with E-state index >= 15 is 0 Å². The summed E-state index contributed by atoms with van der Waals surface area (Å²) in [5.41, 5.74) is 6.16. The van der Waals surface area contributed by atoms with E-state index in [0.29, 0.717) is 0 Å². The first kappa shape index (κ1) is 8.02. The number of hydrogen-bond donors (Lipinski definition) is 1. The molecule has 0 saturated carbocycles. The van der Waals surface area contributed by atoms with E-state index in [9.17, 15) is 0 Å². The van der Waals surface area contributed by atoms with Crippen LogP contribution in [0.1, 0.15) is 27.2 Å². The third-order valence-corrected chi connectivity index (χ3v) is 2.77. The van der Waals surface area contributed by atoms with Crippen molar-refractivity contribution < 1.29 is 4.74 Å². The van der Waals surface area contributed by atoms with E-state index in [1.165, 1.54) is 0 Å². The van der Waals surface area contributed by atoms with E-state index in [0.717, 1.165) is 19.6 Å². The Morgan fingerprint density at radius 2 is 1.90 bits per heavy atom. The van der Waals surface area contributed by atoms with Crippen LogP contribution in [0.3, 0.4) is 0 Å². The summed E-state index contributed by atoms with van der Waals surface area (Å²) in [6.07, 6.45) is 0.972. The Balaban J connectivity index is 2.70. The molecule has 1 unspecified atom stereocenters. The molecule has 1 aliphatic rings. The highest BCUT2D eigenvalue weighted by Crippen LogP contribution is 2.34. The standard InChI is InChI=1S/C8H17NO/c1-7(2)6-10-5-4-8(7,3)9/h4-6,9H2,1-3H3. The summed E-state index contributed by atoms with van der Waals surface area (Å²) < 4.78 is 5.34. The van der Waals surface area contributed by atoms with Gasteiger partial charge in [-0.2, -0.15) is 0 Å². The molecule has 2 N–H and O–H groups in total. The van der Waals surface area contributed by atoms with Crippen molar-refractivity contribution in [1.82, 2.24) is 0 Å². The predicted molar refractivity (Wildman–Crippen MR) is 41.8 cm³/mol. The molecule has 1 fully saturated rings. The molecular weight excluding hydrogens is 126 g/mol. The molecule has 1 rings (SSSR count). The summed E-state index contributed by atoms with van der Waals surface area (Å²) in [5, 5.41) is 0. The number of nitrogens with two attached hydrogens (primary N) is 1. The van der Waals surface area contributed by atoms with E-state index in [1.54, 1.807) is 0 Å². The fraction of sp³-hybridized carbons (Fsp3) is 1.00. The highest BCUT2D eigenvalue weighted by Gasteiger charge is 2.40. The van der Waals surface area contributed by atoms with Gasteiger partial charge < -0.3 is 10.5 Å². The topological polar surface area (TPSA) is 35.2 Å². The molecule has 0 aromatic rings. The second kappa shape index (κ2) is 2.21. The summed E-state index contributed by atoms with van der Waals surface area (Å²) in [6, 6.07) is 0. The van der Waals surface area contributed by atoms with Crippen LogP contribution in [0.15, 0.2) is 0 Å². The smallest absolute Gasteiger partial charge is 0.0534 e. The summed E-state index contributed by atoms with van der Waals surface area (Å²) in [6.45, 7) is 8.03. The Labute approximate surface area is 62.7 Å². The third kappa shape index (κ3) is 1.18. The van der Waals surface area contributed by atoms with Gasteiger partial charge in [0.05, 0.1) is 6.61 Å². The molecule has 1 saturated heterocycles. The van der Waals surface area contributed by atoms with Crippen LogP contribution in [0.2, 0.25) is 0 Å². The normalized spacial score (nSPS) is 39.6. The van der Waals surface area contributed by atoms with Gasteiger partial charge in [-0.05, 0) is 13.3 Å². The van der Waals surface area contributed by atoms with Crippen LogP contribution in [-0.2, 0) is 4.74 Å². The van der Waals surface area contributed by atoms with Gasteiger partial charge in [0, 0.05) is 17.6 Å². The molecule has 0 spiro atoms. The Kier molecular flexibility index (Phi) is 1.77. The number of ether oxygens (including phenoxy) is 1. The van der Waals surface area contributed by atoms with Crippen LogP contribution in [0.5, 0.6) is 0 Å². The summed E-state index contributed by atoms with van der Waals surface area (Å²) in [5.74, 6) is 0. The quantitative estimate of drug-likeness (QED) is 0.552. The molecule has 0 aromatic carbocycles. The highest BCUT2D eigenvalue weighted by atomic mass is 16.5. The molecule has 60 valence electrons. The van der Waals surface area contributed by atoms with E-state index in [1.807, 2.05) is 0 Å². The van der Waals surface area contributed by atoms with Gasteiger partial charge in [0.25, 0.3) is 0 Å². The van der Waals surface area contributed by atoms with Gasteiger partial charge in [-0.15, -0.1) is 0 Å². The third-order valence-electron chi connectivity index (χ3n) is 2.77. The zero-order valence-electron chi connectivity index (χ0n) is 7.11. The van der Waals surface area contributed by atoms with Crippen molar-refractivity contribution in [3.63, 3.8) is 0 Å². The van der Waals surface area contributed by atoms with Gasteiger partial charge in [0.2, 0.25) is 0 Å². The van der Waals surface area contributed by atoms with Crippen molar-refractivity contribution in [3.8, 4) is 0 Å². The average Bonchev–Trinajstić information content (AvgIpc) is 1.77. The summed E-state index contributed by atoms with van der Waals surface area (Å²) >= 11 is 0. The lowest BCUT2D eigenvalue weighted by atomic mass is 9.71. The van der Waals surface area contributed by atoms with Crippen LogP contribution in [0, 0.1) is 5.41 Å². The first-order chi connectivity index (χ1) is 4.46. The van der Waals surface area contributed by atoms with Gasteiger partial charge in [0.15, 0.2) is 0 Å².